The molecule has 1 aliphatic heterocycles. The summed E-state index contributed by atoms with van der Waals surface area (Å²) >= 11 is 0. The van der Waals surface area contributed by atoms with E-state index in [1.165, 1.54) is 30.3 Å². The molecule has 8 nitrogen and oxygen atoms in total. The van der Waals surface area contributed by atoms with E-state index in [9.17, 15) is 28.4 Å². The molecule has 0 unspecified atom stereocenters. The largest absolute Gasteiger partial charge is 0.573 e. The Bertz CT molecular complexity index is 936. The Morgan fingerprint density at radius 2 is 1.67 bits per heavy atom. The lowest BCUT2D eigenvalue weighted by Crippen LogP contribution is -2.70. The molecule has 0 aromatic heterocycles. The number of aliphatic hydroxyl groups is 1. The maximum atomic E-state index is 12.2. The number of hydrogen-bond acceptors (Lipinski definition) is 7. The fraction of sp³-hybridized carbons (Fsp3) is 0.294. The molecule has 0 aliphatic carbocycles. The molecule has 3 rings (SSSR count). The van der Waals surface area contributed by atoms with Gasteiger partial charge in [0, 0.05) is 17.5 Å². The lowest BCUT2D eigenvalue weighted by atomic mass is 9.52. The molecule has 1 fully saturated rings. The molecule has 2 aromatic rings. The first-order valence-corrected chi connectivity index (χ1v) is 8.79. The van der Waals surface area contributed by atoms with Gasteiger partial charge in [-0.25, -0.2) is 0 Å². The van der Waals surface area contributed by atoms with Crippen molar-refractivity contribution in [3.8, 4) is 17.2 Å². The second kappa shape index (κ2) is 7.73. The summed E-state index contributed by atoms with van der Waals surface area (Å²) in [5.74, 6) is 0.00784. The van der Waals surface area contributed by atoms with Crippen LogP contribution in [-0.2, 0) is 4.74 Å². The molecule has 0 amide bonds. The number of benzene rings is 2. The number of rotatable bonds is 7. The number of nitrogens with one attached hydrogen (secondary N) is 1. The minimum atomic E-state index is -4.80. The van der Waals surface area contributed by atoms with E-state index >= 15 is 0 Å². The van der Waals surface area contributed by atoms with Crippen LogP contribution in [0.4, 0.5) is 24.5 Å². The van der Waals surface area contributed by atoms with Gasteiger partial charge in [-0.2, -0.15) is 0 Å². The average molecular weight is 424 g/mol. The summed E-state index contributed by atoms with van der Waals surface area (Å²) < 4.78 is 51.2. The summed E-state index contributed by atoms with van der Waals surface area (Å²) in [4.78, 5) is 10.8. The van der Waals surface area contributed by atoms with E-state index in [4.69, 9.17) is 9.47 Å². The molecule has 0 saturated carbocycles. The first kappa shape index (κ1) is 21.8. The zero-order valence-electron chi connectivity index (χ0n) is 16.0. The van der Waals surface area contributed by atoms with Crippen molar-refractivity contribution in [1.29, 1.82) is 0 Å². The van der Waals surface area contributed by atoms with Crippen LogP contribution in [0.3, 0.4) is 0 Å². The first-order valence-electron chi connectivity index (χ1n) is 8.79. The Hall–Kier alpha value is -2.92. The van der Waals surface area contributed by atoms with Crippen LogP contribution < -0.4 is 14.8 Å². The minimum Gasteiger partial charge on any atom is -0.457 e. The van der Waals surface area contributed by atoms with Gasteiger partial charge in [0.2, 0.25) is 0 Å². The van der Waals surface area contributed by atoms with Crippen molar-refractivity contribution in [2.45, 2.75) is 17.3 Å². The molecule has 0 spiro atoms. The summed E-state index contributed by atoms with van der Waals surface area (Å²) in [6.45, 7) is 0.173. The van der Waals surface area contributed by atoms with Crippen LogP contribution >= 0.6 is 0 Å². The average Bonchev–Trinajstić information content (AvgIpc) is 2.59. The van der Waals surface area contributed by atoms with Crippen LogP contribution in [0, 0.1) is 10.1 Å². The van der Waals surface area contributed by atoms with Crippen molar-refractivity contribution in [2.24, 2.45) is 0 Å². The third-order valence-corrected chi connectivity index (χ3v) is 4.75. The second-order valence-electron chi connectivity index (χ2n) is 7.33. The van der Waals surface area contributed by atoms with Gasteiger partial charge in [0.05, 0.1) is 18.1 Å². The van der Waals surface area contributed by atoms with E-state index in [-0.39, 0.29) is 36.1 Å². The van der Waals surface area contributed by atoms with Crippen molar-refractivity contribution in [2.75, 3.05) is 18.5 Å². The van der Waals surface area contributed by atoms with Crippen LogP contribution in [0.15, 0.2) is 42.5 Å². The second-order valence-corrected chi connectivity index (χ2v) is 7.33. The van der Waals surface area contributed by atoms with Crippen LogP contribution in [0.1, 0.15) is 0 Å². The molecule has 2 N–H and O–H groups in total. The van der Waals surface area contributed by atoms with Crippen molar-refractivity contribution in [1.82, 2.24) is 0 Å². The van der Waals surface area contributed by atoms with Crippen molar-refractivity contribution < 1.29 is 37.4 Å². The van der Waals surface area contributed by atoms with E-state index in [2.05, 4.69) is 10.1 Å². The highest BCUT2D eigenvalue weighted by atomic mass is 19.4. The standard InChI is InChI=1S/C17H17B2F3N2O6/c18-16(19,15(25)8-28-9-15)23-13-7-12(5-6-14(13)24(26)27)29-10-1-3-11(4-2-10)30-17(20,21)22/h1-7,23,25H,8-9,18-19H2. The van der Waals surface area contributed by atoms with E-state index in [0.717, 1.165) is 12.1 Å². The highest BCUT2D eigenvalue weighted by molar-refractivity contribution is 6.42. The maximum Gasteiger partial charge on any atom is 0.573 e. The summed E-state index contributed by atoms with van der Waals surface area (Å²) in [6.07, 6.45) is -4.80. The summed E-state index contributed by atoms with van der Waals surface area (Å²) in [7, 11) is 3.37. The molecular weight excluding hydrogens is 407 g/mol. The van der Waals surface area contributed by atoms with Gasteiger partial charge in [0.25, 0.3) is 5.69 Å². The number of ether oxygens (including phenoxy) is 3. The third kappa shape index (κ3) is 4.79. The molecular formula is C17H17B2F3N2O6. The SMILES string of the molecule is BC(B)(Nc1cc(Oc2ccc(OC(F)(F)F)cc2)ccc1[N+](=O)[O-])C1(O)COC1. The molecule has 2 aromatic carbocycles. The fourth-order valence-electron chi connectivity index (χ4n) is 2.79. The monoisotopic (exact) mass is 424 g/mol. The molecule has 0 radical (unpaired) electrons. The van der Waals surface area contributed by atoms with Gasteiger partial charge < -0.3 is 24.6 Å². The molecule has 0 bridgehead atoms. The van der Waals surface area contributed by atoms with Gasteiger partial charge in [-0.15, -0.1) is 13.2 Å². The number of alkyl halides is 3. The molecule has 30 heavy (non-hydrogen) atoms. The zero-order valence-corrected chi connectivity index (χ0v) is 16.0. The summed E-state index contributed by atoms with van der Waals surface area (Å²) in [5, 5.41) is 24.0. The van der Waals surface area contributed by atoms with Crippen LogP contribution in [0.25, 0.3) is 0 Å². The Morgan fingerprint density at radius 3 is 2.17 bits per heavy atom. The van der Waals surface area contributed by atoms with E-state index < -0.39 is 28.0 Å². The highest BCUT2D eigenvalue weighted by Gasteiger charge is 2.49. The third-order valence-electron chi connectivity index (χ3n) is 4.75. The summed E-state index contributed by atoms with van der Waals surface area (Å²) in [5.41, 5.74) is -1.32. The van der Waals surface area contributed by atoms with Gasteiger partial charge in [-0.3, -0.25) is 10.1 Å². The lowest BCUT2D eigenvalue weighted by molar-refractivity contribution is -0.384. The minimum absolute atomic E-state index is 0.0866. The number of nitro groups is 1. The van der Waals surface area contributed by atoms with E-state index in [1.54, 1.807) is 15.7 Å². The predicted molar refractivity (Wildman–Crippen MR) is 106 cm³/mol. The van der Waals surface area contributed by atoms with Gasteiger partial charge in [-0.05, 0) is 30.3 Å². The molecule has 13 heteroatoms. The Kier molecular flexibility index (Phi) is 5.61. The summed E-state index contributed by atoms with van der Waals surface area (Å²) in [6, 6.07) is 8.68. The molecule has 158 valence electrons. The Morgan fingerprint density at radius 1 is 1.10 bits per heavy atom. The highest BCUT2D eigenvalue weighted by Crippen LogP contribution is 2.36. The zero-order chi connectivity index (χ0) is 22.2. The number of anilines is 1. The number of halogens is 3. The smallest absolute Gasteiger partial charge is 0.457 e. The topological polar surface area (TPSA) is 103 Å². The quantitative estimate of drug-likeness (QED) is 0.394. The molecule has 1 heterocycles. The maximum absolute atomic E-state index is 12.2. The lowest BCUT2D eigenvalue weighted by Gasteiger charge is -2.49. The first-order chi connectivity index (χ1) is 13.9. The number of nitro benzene ring substituents is 1. The van der Waals surface area contributed by atoms with E-state index in [1.807, 2.05) is 0 Å². The van der Waals surface area contributed by atoms with Gasteiger partial charge in [-0.1, -0.05) is 0 Å². The van der Waals surface area contributed by atoms with Gasteiger partial charge in [0.15, 0.2) is 0 Å². The predicted octanol–water partition coefficient (Wildman–Crippen LogP) is 1.38. The normalized spacial score (nSPS) is 15.7. The number of hydrogen-bond donors (Lipinski definition) is 2. The Balaban J connectivity index is 1.81. The van der Waals surface area contributed by atoms with Crippen molar-refractivity contribution >= 4 is 27.1 Å². The van der Waals surface area contributed by atoms with Crippen LogP contribution in [0.2, 0.25) is 0 Å². The van der Waals surface area contributed by atoms with Crippen LogP contribution in [0.5, 0.6) is 17.2 Å². The molecule has 0 atom stereocenters. The van der Waals surface area contributed by atoms with Crippen molar-refractivity contribution in [3.05, 3.63) is 52.6 Å². The van der Waals surface area contributed by atoms with E-state index in [0.29, 0.717) is 0 Å². The molecule has 1 saturated heterocycles. The fourth-order valence-corrected chi connectivity index (χ4v) is 2.79. The van der Waals surface area contributed by atoms with Crippen molar-refractivity contribution in [3.63, 3.8) is 0 Å². The molecule has 1 aliphatic rings. The van der Waals surface area contributed by atoms with Gasteiger partial charge in [0.1, 0.15) is 44.2 Å². The Labute approximate surface area is 170 Å². The van der Waals surface area contributed by atoms with Crippen LogP contribution in [-0.4, -0.2) is 56.2 Å². The van der Waals surface area contributed by atoms with Gasteiger partial charge >= 0.3 is 6.36 Å². The number of nitrogens with zero attached hydrogens (tertiary/aromatic N) is 1.